The van der Waals surface area contributed by atoms with Crippen LogP contribution in [0.1, 0.15) is 22.0 Å². The third-order valence-corrected chi connectivity index (χ3v) is 4.48. The van der Waals surface area contributed by atoms with Gasteiger partial charge in [-0.05, 0) is 56.5 Å². The summed E-state index contributed by atoms with van der Waals surface area (Å²) in [5.41, 5.74) is 1.30. The number of hydrogen-bond donors (Lipinski definition) is 2. The van der Waals surface area contributed by atoms with E-state index in [1.165, 1.54) is 11.3 Å². The van der Waals surface area contributed by atoms with E-state index in [0.29, 0.717) is 15.1 Å². The molecule has 0 saturated carbocycles. The van der Waals surface area contributed by atoms with Crippen LogP contribution in [0.3, 0.4) is 0 Å². The largest absolute Gasteiger partial charge is 0.387 e. The SMILES string of the molecule is O=C(NCC(O)c1ccsc1)c1ccc(Cl)c(Br)c1. The zero-order chi connectivity index (χ0) is 13.8. The van der Waals surface area contributed by atoms with Crippen LogP contribution in [-0.4, -0.2) is 17.6 Å². The van der Waals surface area contributed by atoms with Crippen molar-refractivity contribution >= 4 is 44.8 Å². The van der Waals surface area contributed by atoms with Gasteiger partial charge < -0.3 is 10.4 Å². The molecule has 0 aliphatic heterocycles. The molecule has 0 radical (unpaired) electrons. The molecule has 100 valence electrons. The fourth-order valence-electron chi connectivity index (χ4n) is 1.51. The molecule has 0 aliphatic rings. The number of thiophene rings is 1. The van der Waals surface area contributed by atoms with E-state index in [4.69, 9.17) is 11.6 Å². The Morgan fingerprint density at radius 3 is 2.89 bits per heavy atom. The average Bonchev–Trinajstić information content (AvgIpc) is 2.92. The Kier molecular flexibility index (Phi) is 4.99. The quantitative estimate of drug-likeness (QED) is 0.875. The van der Waals surface area contributed by atoms with E-state index in [2.05, 4.69) is 21.2 Å². The lowest BCUT2D eigenvalue weighted by molar-refractivity contribution is 0.0916. The van der Waals surface area contributed by atoms with Gasteiger partial charge in [-0.25, -0.2) is 0 Å². The lowest BCUT2D eigenvalue weighted by Gasteiger charge is -2.11. The van der Waals surface area contributed by atoms with E-state index in [0.717, 1.165) is 5.56 Å². The van der Waals surface area contributed by atoms with Crippen LogP contribution in [0.15, 0.2) is 39.5 Å². The zero-order valence-corrected chi connectivity index (χ0v) is 12.9. The summed E-state index contributed by atoms with van der Waals surface area (Å²) in [5.74, 6) is -0.244. The average molecular weight is 361 g/mol. The van der Waals surface area contributed by atoms with Gasteiger partial charge in [0.1, 0.15) is 0 Å². The summed E-state index contributed by atoms with van der Waals surface area (Å²) in [6.45, 7) is 0.176. The van der Waals surface area contributed by atoms with Crippen LogP contribution in [0.5, 0.6) is 0 Å². The van der Waals surface area contributed by atoms with Gasteiger partial charge in [0, 0.05) is 16.6 Å². The van der Waals surface area contributed by atoms with E-state index in [9.17, 15) is 9.90 Å². The molecule has 0 saturated heterocycles. The molecular weight excluding hydrogens is 350 g/mol. The summed E-state index contributed by atoms with van der Waals surface area (Å²) in [7, 11) is 0. The van der Waals surface area contributed by atoms with E-state index in [1.807, 2.05) is 16.8 Å². The normalized spacial score (nSPS) is 12.2. The number of aliphatic hydroxyl groups is 1. The Labute approximate surface area is 128 Å². The predicted molar refractivity (Wildman–Crippen MR) is 80.8 cm³/mol. The van der Waals surface area contributed by atoms with E-state index >= 15 is 0 Å². The molecule has 0 fully saturated rings. The van der Waals surface area contributed by atoms with Crippen molar-refractivity contribution in [3.8, 4) is 0 Å². The van der Waals surface area contributed by atoms with Crippen molar-refractivity contribution in [3.05, 3.63) is 55.6 Å². The molecule has 1 amide bonds. The number of benzene rings is 1. The maximum atomic E-state index is 11.9. The first-order valence-electron chi connectivity index (χ1n) is 5.51. The Balaban J connectivity index is 1.96. The van der Waals surface area contributed by atoms with Crippen molar-refractivity contribution in [1.29, 1.82) is 0 Å². The fourth-order valence-corrected chi connectivity index (χ4v) is 2.71. The standard InChI is InChI=1S/C13H11BrClNO2S/c14-10-5-8(1-2-11(10)15)13(18)16-6-12(17)9-3-4-19-7-9/h1-5,7,12,17H,6H2,(H,16,18). The highest BCUT2D eigenvalue weighted by molar-refractivity contribution is 9.10. The number of halogens is 2. The highest BCUT2D eigenvalue weighted by Gasteiger charge is 2.12. The summed E-state index contributed by atoms with van der Waals surface area (Å²) in [4.78, 5) is 11.9. The monoisotopic (exact) mass is 359 g/mol. The summed E-state index contributed by atoms with van der Waals surface area (Å²) in [6.07, 6.45) is -0.689. The molecule has 0 bridgehead atoms. The summed E-state index contributed by atoms with van der Waals surface area (Å²) in [5, 5.41) is 16.8. The number of rotatable bonds is 4. The van der Waals surface area contributed by atoms with Crippen LogP contribution >= 0.6 is 38.9 Å². The third kappa shape index (κ3) is 3.79. The molecule has 1 atom stereocenters. The lowest BCUT2D eigenvalue weighted by atomic mass is 10.2. The zero-order valence-electron chi connectivity index (χ0n) is 9.77. The second-order valence-corrected chi connectivity index (χ2v) is 5.95. The molecule has 6 heteroatoms. The minimum Gasteiger partial charge on any atom is -0.387 e. The molecule has 2 rings (SSSR count). The Morgan fingerprint density at radius 1 is 1.47 bits per heavy atom. The molecular formula is C13H11BrClNO2S. The number of aliphatic hydroxyl groups excluding tert-OH is 1. The van der Waals surface area contributed by atoms with Crippen LogP contribution < -0.4 is 5.32 Å². The number of nitrogens with one attached hydrogen (secondary N) is 1. The van der Waals surface area contributed by atoms with Crippen molar-refractivity contribution in [2.24, 2.45) is 0 Å². The molecule has 1 aromatic heterocycles. The molecule has 2 aromatic rings. The van der Waals surface area contributed by atoms with Crippen LogP contribution in [0.4, 0.5) is 0 Å². The van der Waals surface area contributed by atoms with Gasteiger partial charge in [0.05, 0.1) is 11.1 Å². The van der Waals surface area contributed by atoms with Gasteiger partial charge in [0.15, 0.2) is 0 Å². The first kappa shape index (κ1) is 14.5. The molecule has 2 N–H and O–H groups in total. The number of carbonyl (C=O) groups is 1. The molecule has 1 heterocycles. The Morgan fingerprint density at radius 2 is 2.26 bits per heavy atom. The van der Waals surface area contributed by atoms with Crippen molar-refractivity contribution in [2.75, 3.05) is 6.54 Å². The summed E-state index contributed by atoms with van der Waals surface area (Å²) in [6, 6.07) is 6.77. The van der Waals surface area contributed by atoms with Gasteiger partial charge in [0.25, 0.3) is 5.91 Å². The number of amides is 1. The number of carbonyl (C=O) groups excluding carboxylic acids is 1. The minimum absolute atomic E-state index is 0.176. The van der Waals surface area contributed by atoms with E-state index < -0.39 is 6.10 Å². The van der Waals surface area contributed by atoms with Gasteiger partial charge in [-0.15, -0.1) is 0 Å². The van der Waals surface area contributed by atoms with Crippen LogP contribution in [0.2, 0.25) is 5.02 Å². The van der Waals surface area contributed by atoms with E-state index in [-0.39, 0.29) is 12.5 Å². The fraction of sp³-hybridized carbons (Fsp3) is 0.154. The van der Waals surface area contributed by atoms with Crippen molar-refractivity contribution in [3.63, 3.8) is 0 Å². The van der Waals surface area contributed by atoms with Gasteiger partial charge in [-0.1, -0.05) is 11.6 Å². The third-order valence-electron chi connectivity index (χ3n) is 2.57. The van der Waals surface area contributed by atoms with Gasteiger partial charge in [-0.2, -0.15) is 11.3 Å². The Hall–Kier alpha value is -0.880. The maximum absolute atomic E-state index is 11.9. The first-order chi connectivity index (χ1) is 9.08. The summed E-state index contributed by atoms with van der Waals surface area (Å²) >= 11 is 10.6. The van der Waals surface area contributed by atoms with Gasteiger partial charge in [-0.3, -0.25) is 4.79 Å². The second kappa shape index (κ2) is 6.52. The van der Waals surface area contributed by atoms with Crippen LogP contribution in [0.25, 0.3) is 0 Å². The van der Waals surface area contributed by atoms with Crippen molar-refractivity contribution < 1.29 is 9.90 Å². The van der Waals surface area contributed by atoms with Crippen LogP contribution in [0, 0.1) is 0 Å². The molecule has 0 aliphatic carbocycles. The van der Waals surface area contributed by atoms with Gasteiger partial charge >= 0.3 is 0 Å². The molecule has 19 heavy (non-hydrogen) atoms. The van der Waals surface area contributed by atoms with E-state index in [1.54, 1.807) is 18.2 Å². The topological polar surface area (TPSA) is 49.3 Å². The Bertz CT molecular complexity index is 574. The maximum Gasteiger partial charge on any atom is 0.251 e. The molecule has 1 unspecified atom stereocenters. The first-order valence-corrected chi connectivity index (χ1v) is 7.62. The van der Waals surface area contributed by atoms with Crippen molar-refractivity contribution in [1.82, 2.24) is 5.32 Å². The highest BCUT2D eigenvalue weighted by atomic mass is 79.9. The molecule has 0 spiro atoms. The smallest absolute Gasteiger partial charge is 0.251 e. The van der Waals surface area contributed by atoms with Crippen molar-refractivity contribution in [2.45, 2.75) is 6.10 Å². The predicted octanol–water partition coefficient (Wildman–Crippen LogP) is 3.63. The molecule has 3 nitrogen and oxygen atoms in total. The van der Waals surface area contributed by atoms with Gasteiger partial charge in [0.2, 0.25) is 0 Å². The number of hydrogen-bond acceptors (Lipinski definition) is 3. The summed E-state index contributed by atoms with van der Waals surface area (Å²) < 4.78 is 0.667. The highest BCUT2D eigenvalue weighted by Crippen LogP contribution is 2.23. The lowest BCUT2D eigenvalue weighted by Crippen LogP contribution is -2.28. The second-order valence-electron chi connectivity index (χ2n) is 3.91. The van der Waals surface area contributed by atoms with Crippen LogP contribution in [-0.2, 0) is 0 Å². The molecule has 1 aromatic carbocycles. The minimum atomic E-state index is -0.689.